The van der Waals surface area contributed by atoms with Crippen molar-refractivity contribution >= 4 is 23.4 Å². The molecule has 0 unspecified atom stereocenters. The summed E-state index contributed by atoms with van der Waals surface area (Å²) in [5.41, 5.74) is 1.23. The highest BCUT2D eigenvalue weighted by molar-refractivity contribution is 7.99. The van der Waals surface area contributed by atoms with E-state index in [1.807, 2.05) is 42.7 Å². The Bertz CT molecular complexity index is 1000. The second-order valence-electron chi connectivity index (χ2n) is 6.12. The number of nitrogens with one attached hydrogen (secondary N) is 1. The summed E-state index contributed by atoms with van der Waals surface area (Å²) in [4.78, 5) is 12.2. The van der Waals surface area contributed by atoms with Gasteiger partial charge in [0, 0.05) is 11.4 Å². The van der Waals surface area contributed by atoms with Crippen molar-refractivity contribution < 1.29 is 18.0 Å². The van der Waals surface area contributed by atoms with Gasteiger partial charge in [-0.25, -0.2) is 0 Å². The fourth-order valence-corrected chi connectivity index (χ4v) is 3.40. The molecule has 1 amide bonds. The van der Waals surface area contributed by atoms with E-state index in [4.69, 9.17) is 0 Å². The lowest BCUT2D eigenvalue weighted by Crippen LogP contribution is -2.15. The molecule has 2 aromatic carbocycles. The lowest BCUT2D eigenvalue weighted by Gasteiger charge is -2.11. The van der Waals surface area contributed by atoms with E-state index >= 15 is 0 Å². The van der Waals surface area contributed by atoms with Gasteiger partial charge in [-0.15, -0.1) is 10.2 Å². The number of carbonyl (C=O) groups excluding carboxylic acids is 1. The molecule has 0 spiro atoms. The number of nitrogens with zero attached hydrogens (tertiary/aromatic N) is 3. The number of thioether (sulfide) groups is 1. The van der Waals surface area contributed by atoms with E-state index < -0.39 is 17.6 Å². The van der Waals surface area contributed by atoms with E-state index in [-0.39, 0.29) is 11.4 Å². The number of halogens is 3. The van der Waals surface area contributed by atoms with Crippen LogP contribution in [0.3, 0.4) is 0 Å². The van der Waals surface area contributed by atoms with Crippen LogP contribution in [-0.2, 0) is 11.0 Å². The van der Waals surface area contributed by atoms with Gasteiger partial charge in [-0.05, 0) is 49.7 Å². The van der Waals surface area contributed by atoms with Gasteiger partial charge in [-0.3, -0.25) is 9.36 Å². The molecule has 1 heterocycles. The zero-order valence-corrected chi connectivity index (χ0v) is 15.9. The van der Waals surface area contributed by atoms with Gasteiger partial charge in [0.2, 0.25) is 5.91 Å². The molecule has 1 N–H and O–H groups in total. The van der Waals surface area contributed by atoms with E-state index in [2.05, 4.69) is 15.5 Å². The summed E-state index contributed by atoms with van der Waals surface area (Å²) in [7, 11) is 0. The molecule has 0 atom stereocenters. The quantitative estimate of drug-likeness (QED) is 0.628. The van der Waals surface area contributed by atoms with Crippen molar-refractivity contribution in [3.63, 3.8) is 0 Å². The normalized spacial score (nSPS) is 11.5. The third-order valence-electron chi connectivity index (χ3n) is 3.86. The van der Waals surface area contributed by atoms with Crippen LogP contribution >= 0.6 is 11.8 Å². The predicted molar refractivity (Wildman–Crippen MR) is 102 cm³/mol. The van der Waals surface area contributed by atoms with Crippen LogP contribution < -0.4 is 5.32 Å². The largest absolute Gasteiger partial charge is 0.416 e. The van der Waals surface area contributed by atoms with Crippen molar-refractivity contribution in [2.24, 2.45) is 0 Å². The second-order valence-corrected chi connectivity index (χ2v) is 7.06. The smallest absolute Gasteiger partial charge is 0.325 e. The maximum atomic E-state index is 12.8. The first kappa shape index (κ1) is 19.9. The summed E-state index contributed by atoms with van der Waals surface area (Å²) in [6.45, 7) is 3.78. The molecule has 0 bridgehead atoms. The van der Waals surface area contributed by atoms with Crippen molar-refractivity contribution in [1.82, 2.24) is 14.8 Å². The number of hydrogen-bond acceptors (Lipinski definition) is 4. The van der Waals surface area contributed by atoms with Gasteiger partial charge in [0.05, 0.1) is 11.3 Å². The average Bonchev–Trinajstić information content (AvgIpc) is 3.00. The highest BCUT2D eigenvalue weighted by Crippen LogP contribution is 2.30. The van der Waals surface area contributed by atoms with Crippen LogP contribution in [-0.4, -0.2) is 26.4 Å². The first-order chi connectivity index (χ1) is 13.2. The summed E-state index contributed by atoms with van der Waals surface area (Å²) in [5, 5.41) is 11.2. The summed E-state index contributed by atoms with van der Waals surface area (Å²) in [6.07, 6.45) is -4.46. The molecule has 0 radical (unpaired) electrons. The number of amides is 1. The Morgan fingerprint density at radius 1 is 1.11 bits per heavy atom. The topological polar surface area (TPSA) is 59.8 Å². The van der Waals surface area contributed by atoms with Crippen LogP contribution in [0.25, 0.3) is 5.69 Å². The van der Waals surface area contributed by atoms with Crippen LogP contribution in [0.2, 0.25) is 0 Å². The number of aromatic nitrogens is 3. The molecule has 0 fully saturated rings. The van der Waals surface area contributed by atoms with Crippen LogP contribution in [0.5, 0.6) is 0 Å². The predicted octanol–water partition coefficient (Wildman–Crippen LogP) is 4.63. The van der Waals surface area contributed by atoms with E-state index in [1.54, 1.807) is 0 Å². The SMILES string of the molecule is Cc1cccc(-n2c(C)nnc2SCC(=O)Nc2cccc(C(F)(F)F)c2)c1. The Labute approximate surface area is 164 Å². The number of aryl methyl sites for hydroxylation is 2. The van der Waals surface area contributed by atoms with Crippen molar-refractivity contribution in [2.45, 2.75) is 25.2 Å². The minimum Gasteiger partial charge on any atom is -0.325 e. The Kier molecular flexibility index (Phi) is 5.73. The van der Waals surface area contributed by atoms with Crippen LogP contribution in [0.1, 0.15) is 17.0 Å². The molecule has 28 heavy (non-hydrogen) atoms. The molecule has 5 nitrogen and oxygen atoms in total. The van der Waals surface area contributed by atoms with E-state index in [9.17, 15) is 18.0 Å². The first-order valence-corrected chi connectivity index (χ1v) is 9.31. The molecule has 3 aromatic rings. The summed E-state index contributed by atoms with van der Waals surface area (Å²) in [6, 6.07) is 12.3. The molecule has 0 saturated heterocycles. The second kappa shape index (κ2) is 8.05. The van der Waals surface area contributed by atoms with Gasteiger partial charge in [-0.1, -0.05) is 30.0 Å². The maximum absolute atomic E-state index is 12.8. The summed E-state index contributed by atoms with van der Waals surface area (Å²) in [5.74, 6) is 0.229. The lowest BCUT2D eigenvalue weighted by molar-refractivity contribution is -0.137. The van der Waals surface area contributed by atoms with Gasteiger partial charge < -0.3 is 5.32 Å². The van der Waals surface area contributed by atoms with E-state index in [0.717, 1.165) is 35.1 Å². The molecule has 146 valence electrons. The van der Waals surface area contributed by atoms with Gasteiger partial charge in [0.1, 0.15) is 5.82 Å². The number of alkyl halides is 3. The number of benzene rings is 2. The third-order valence-corrected chi connectivity index (χ3v) is 4.79. The van der Waals surface area contributed by atoms with Crippen molar-refractivity contribution in [3.05, 3.63) is 65.5 Å². The monoisotopic (exact) mass is 406 g/mol. The fourth-order valence-electron chi connectivity index (χ4n) is 2.60. The number of anilines is 1. The molecule has 0 aliphatic rings. The molecule has 3 rings (SSSR count). The van der Waals surface area contributed by atoms with Crippen molar-refractivity contribution in [2.75, 3.05) is 11.1 Å². The third kappa shape index (κ3) is 4.72. The van der Waals surface area contributed by atoms with E-state index in [1.165, 1.54) is 12.1 Å². The minimum absolute atomic E-state index is 0.0137. The minimum atomic E-state index is -4.46. The van der Waals surface area contributed by atoms with Crippen molar-refractivity contribution in [1.29, 1.82) is 0 Å². The lowest BCUT2D eigenvalue weighted by atomic mass is 10.2. The van der Waals surface area contributed by atoms with Crippen LogP contribution in [0, 0.1) is 13.8 Å². The zero-order chi connectivity index (χ0) is 20.3. The van der Waals surface area contributed by atoms with Crippen LogP contribution in [0.15, 0.2) is 53.7 Å². The molecule has 0 aliphatic carbocycles. The first-order valence-electron chi connectivity index (χ1n) is 8.33. The Balaban J connectivity index is 1.69. The number of carbonyl (C=O) groups is 1. The zero-order valence-electron chi connectivity index (χ0n) is 15.1. The molecule has 0 aliphatic heterocycles. The Morgan fingerprint density at radius 2 is 1.86 bits per heavy atom. The van der Waals surface area contributed by atoms with Gasteiger partial charge >= 0.3 is 6.18 Å². The van der Waals surface area contributed by atoms with Gasteiger partial charge in [0.15, 0.2) is 5.16 Å². The molecular weight excluding hydrogens is 389 g/mol. The van der Waals surface area contributed by atoms with Crippen LogP contribution in [0.4, 0.5) is 18.9 Å². The summed E-state index contributed by atoms with van der Waals surface area (Å²) < 4.78 is 40.2. The Morgan fingerprint density at radius 3 is 2.57 bits per heavy atom. The Hall–Kier alpha value is -2.81. The number of rotatable bonds is 5. The fraction of sp³-hybridized carbons (Fsp3) is 0.211. The van der Waals surface area contributed by atoms with E-state index in [0.29, 0.717) is 11.0 Å². The van der Waals surface area contributed by atoms with Gasteiger partial charge in [-0.2, -0.15) is 13.2 Å². The molecule has 0 saturated carbocycles. The summed E-state index contributed by atoms with van der Waals surface area (Å²) >= 11 is 1.16. The highest BCUT2D eigenvalue weighted by atomic mass is 32.2. The maximum Gasteiger partial charge on any atom is 0.416 e. The molecule has 9 heteroatoms. The molecular formula is C19H17F3N4OS. The average molecular weight is 406 g/mol. The van der Waals surface area contributed by atoms with Gasteiger partial charge in [0.25, 0.3) is 0 Å². The molecule has 1 aromatic heterocycles. The standard InChI is InChI=1S/C19H17F3N4OS/c1-12-5-3-8-16(9-12)26-13(2)24-25-18(26)28-11-17(27)23-15-7-4-6-14(10-15)19(20,21)22/h3-10H,11H2,1-2H3,(H,23,27). The highest BCUT2D eigenvalue weighted by Gasteiger charge is 2.30. The number of hydrogen-bond donors (Lipinski definition) is 1. The van der Waals surface area contributed by atoms with Crippen molar-refractivity contribution in [3.8, 4) is 5.69 Å².